The van der Waals surface area contributed by atoms with Crippen LogP contribution in [0.25, 0.3) is 0 Å². The number of non-ortho nitro benzene ring substituents is 1. The summed E-state index contributed by atoms with van der Waals surface area (Å²) < 4.78 is 33.3. The fourth-order valence-electron chi connectivity index (χ4n) is 2.45. The minimum Gasteiger partial charge on any atom is -0.457 e. The number of sulfonamides is 1. The highest BCUT2D eigenvalue weighted by Gasteiger charge is 2.18. The van der Waals surface area contributed by atoms with Gasteiger partial charge in [0.05, 0.1) is 9.82 Å². The van der Waals surface area contributed by atoms with Crippen molar-refractivity contribution in [2.75, 3.05) is 4.72 Å². The standard InChI is InChI=1S/C19H15ClN2O5S/c1-13-18(20)3-2-4-19(13)28(25,26)21-14-5-9-16(10-6-14)27-17-11-7-15(8-12-17)22(23)24/h2-12,21H,1H3. The Morgan fingerprint density at radius 2 is 1.54 bits per heavy atom. The van der Waals surface area contributed by atoms with Crippen LogP contribution in [0.1, 0.15) is 5.56 Å². The van der Waals surface area contributed by atoms with Crippen LogP contribution in [-0.2, 0) is 10.0 Å². The highest BCUT2D eigenvalue weighted by molar-refractivity contribution is 7.92. The van der Waals surface area contributed by atoms with Crippen LogP contribution in [0.15, 0.2) is 71.6 Å². The Morgan fingerprint density at radius 3 is 2.11 bits per heavy atom. The minimum atomic E-state index is -3.79. The molecule has 0 unspecified atom stereocenters. The van der Waals surface area contributed by atoms with Crippen LogP contribution in [0.4, 0.5) is 11.4 Å². The number of hydrogen-bond acceptors (Lipinski definition) is 5. The van der Waals surface area contributed by atoms with Gasteiger partial charge in [0.15, 0.2) is 0 Å². The summed E-state index contributed by atoms with van der Waals surface area (Å²) >= 11 is 6.00. The van der Waals surface area contributed by atoms with Gasteiger partial charge in [-0.2, -0.15) is 0 Å². The van der Waals surface area contributed by atoms with Crippen molar-refractivity contribution in [3.05, 3.63) is 87.4 Å². The molecule has 0 aromatic heterocycles. The van der Waals surface area contributed by atoms with Gasteiger partial charge in [-0.15, -0.1) is 0 Å². The van der Waals surface area contributed by atoms with Crippen LogP contribution in [-0.4, -0.2) is 13.3 Å². The first-order chi connectivity index (χ1) is 13.3. The van der Waals surface area contributed by atoms with Crippen molar-refractivity contribution in [1.29, 1.82) is 0 Å². The van der Waals surface area contributed by atoms with Crippen LogP contribution < -0.4 is 9.46 Å². The Balaban J connectivity index is 1.73. The molecule has 3 rings (SSSR count). The van der Waals surface area contributed by atoms with Crippen LogP contribution in [0.3, 0.4) is 0 Å². The van der Waals surface area contributed by atoms with Gasteiger partial charge in [-0.1, -0.05) is 17.7 Å². The van der Waals surface area contributed by atoms with Gasteiger partial charge in [0.2, 0.25) is 0 Å². The van der Waals surface area contributed by atoms with E-state index < -0.39 is 14.9 Å². The molecule has 0 fully saturated rings. The Kier molecular flexibility index (Phi) is 5.53. The zero-order valence-electron chi connectivity index (χ0n) is 14.6. The molecule has 0 saturated heterocycles. The molecule has 9 heteroatoms. The van der Waals surface area contributed by atoms with E-state index in [9.17, 15) is 18.5 Å². The van der Waals surface area contributed by atoms with Crippen molar-refractivity contribution in [1.82, 2.24) is 0 Å². The van der Waals surface area contributed by atoms with Gasteiger partial charge < -0.3 is 4.74 Å². The Hall–Kier alpha value is -3.10. The molecule has 0 spiro atoms. The van der Waals surface area contributed by atoms with E-state index in [1.807, 2.05) is 0 Å². The van der Waals surface area contributed by atoms with E-state index in [0.29, 0.717) is 27.8 Å². The average molecular weight is 419 g/mol. The highest BCUT2D eigenvalue weighted by atomic mass is 35.5. The van der Waals surface area contributed by atoms with Gasteiger partial charge in [0.1, 0.15) is 11.5 Å². The fourth-order valence-corrected chi connectivity index (χ4v) is 4.01. The molecule has 0 radical (unpaired) electrons. The first-order valence-electron chi connectivity index (χ1n) is 8.06. The second-order valence-electron chi connectivity index (χ2n) is 5.85. The number of rotatable bonds is 6. The molecule has 7 nitrogen and oxygen atoms in total. The van der Waals surface area contributed by atoms with Crippen molar-refractivity contribution < 1.29 is 18.1 Å². The molecule has 3 aromatic rings. The summed E-state index contributed by atoms with van der Waals surface area (Å²) in [7, 11) is -3.79. The summed E-state index contributed by atoms with van der Waals surface area (Å²) in [6, 6.07) is 16.6. The third-order valence-corrected chi connectivity index (χ3v) is 5.83. The van der Waals surface area contributed by atoms with E-state index in [2.05, 4.69) is 4.72 Å². The topological polar surface area (TPSA) is 98.5 Å². The molecule has 0 aliphatic rings. The number of benzene rings is 3. The van der Waals surface area contributed by atoms with Gasteiger partial charge in [-0.25, -0.2) is 8.42 Å². The number of ether oxygens (including phenoxy) is 1. The lowest BCUT2D eigenvalue weighted by atomic mass is 10.2. The Labute approximate surface area is 166 Å². The fraction of sp³-hybridized carbons (Fsp3) is 0.0526. The van der Waals surface area contributed by atoms with E-state index in [1.54, 1.807) is 43.3 Å². The van der Waals surface area contributed by atoms with Gasteiger partial charge in [0, 0.05) is 22.8 Å². The predicted molar refractivity (Wildman–Crippen MR) is 107 cm³/mol. The van der Waals surface area contributed by atoms with Gasteiger partial charge >= 0.3 is 0 Å². The monoisotopic (exact) mass is 418 g/mol. The maximum atomic E-state index is 12.6. The molecular weight excluding hydrogens is 404 g/mol. The highest BCUT2D eigenvalue weighted by Crippen LogP contribution is 2.27. The zero-order chi connectivity index (χ0) is 20.3. The molecule has 28 heavy (non-hydrogen) atoms. The molecule has 0 aliphatic carbocycles. The summed E-state index contributed by atoms with van der Waals surface area (Å²) in [4.78, 5) is 10.3. The molecule has 0 aliphatic heterocycles. The SMILES string of the molecule is Cc1c(Cl)cccc1S(=O)(=O)Nc1ccc(Oc2ccc([N+](=O)[O-])cc2)cc1. The smallest absolute Gasteiger partial charge is 0.269 e. The van der Waals surface area contributed by atoms with Gasteiger partial charge in [-0.3, -0.25) is 14.8 Å². The van der Waals surface area contributed by atoms with E-state index in [4.69, 9.17) is 16.3 Å². The summed E-state index contributed by atoms with van der Waals surface area (Å²) in [5.41, 5.74) is 0.790. The molecule has 0 atom stereocenters. The number of halogens is 1. The van der Waals surface area contributed by atoms with Crippen LogP contribution in [0, 0.1) is 17.0 Å². The molecular formula is C19H15ClN2O5S. The second kappa shape index (κ2) is 7.87. The van der Waals surface area contributed by atoms with Crippen molar-refractivity contribution in [3.8, 4) is 11.5 Å². The third-order valence-electron chi connectivity index (χ3n) is 3.90. The molecule has 0 amide bonds. The number of nitro benzene ring substituents is 1. The van der Waals surface area contributed by atoms with Crippen molar-refractivity contribution in [2.45, 2.75) is 11.8 Å². The minimum absolute atomic E-state index is 0.0339. The van der Waals surface area contributed by atoms with Crippen molar-refractivity contribution >= 4 is 33.0 Å². The quantitative estimate of drug-likeness (QED) is 0.441. The first kappa shape index (κ1) is 19.7. The largest absolute Gasteiger partial charge is 0.457 e. The van der Waals surface area contributed by atoms with E-state index in [1.165, 1.54) is 30.3 Å². The third kappa shape index (κ3) is 4.41. The normalized spacial score (nSPS) is 11.1. The van der Waals surface area contributed by atoms with E-state index in [-0.39, 0.29) is 10.6 Å². The second-order valence-corrected chi connectivity index (χ2v) is 7.90. The number of nitrogens with zero attached hydrogens (tertiary/aromatic N) is 1. The number of anilines is 1. The molecule has 0 heterocycles. The van der Waals surface area contributed by atoms with Crippen LogP contribution in [0.2, 0.25) is 5.02 Å². The number of nitrogens with one attached hydrogen (secondary N) is 1. The number of hydrogen-bond donors (Lipinski definition) is 1. The summed E-state index contributed by atoms with van der Waals surface area (Å²) in [5, 5.41) is 11.0. The lowest BCUT2D eigenvalue weighted by molar-refractivity contribution is -0.384. The summed E-state index contributed by atoms with van der Waals surface area (Å²) in [6.07, 6.45) is 0. The summed E-state index contributed by atoms with van der Waals surface area (Å²) in [5.74, 6) is 0.879. The van der Waals surface area contributed by atoms with Gasteiger partial charge in [0.25, 0.3) is 15.7 Å². The van der Waals surface area contributed by atoms with Crippen LogP contribution >= 0.6 is 11.6 Å². The molecule has 1 N–H and O–H groups in total. The maximum absolute atomic E-state index is 12.6. The zero-order valence-corrected chi connectivity index (χ0v) is 16.2. The van der Waals surface area contributed by atoms with E-state index >= 15 is 0 Å². The molecule has 144 valence electrons. The number of nitro groups is 1. The Bertz CT molecular complexity index is 1110. The maximum Gasteiger partial charge on any atom is 0.269 e. The lowest BCUT2D eigenvalue weighted by Crippen LogP contribution is -2.14. The van der Waals surface area contributed by atoms with E-state index in [0.717, 1.165) is 0 Å². The van der Waals surface area contributed by atoms with Crippen molar-refractivity contribution in [2.24, 2.45) is 0 Å². The summed E-state index contributed by atoms with van der Waals surface area (Å²) in [6.45, 7) is 1.64. The Morgan fingerprint density at radius 1 is 0.964 bits per heavy atom. The lowest BCUT2D eigenvalue weighted by Gasteiger charge is -2.12. The molecule has 0 bridgehead atoms. The first-order valence-corrected chi connectivity index (χ1v) is 9.93. The predicted octanol–water partition coefficient (Wildman–Crippen LogP) is 5.15. The molecule has 0 saturated carbocycles. The van der Waals surface area contributed by atoms with Gasteiger partial charge in [-0.05, 0) is 61.0 Å². The van der Waals surface area contributed by atoms with Crippen molar-refractivity contribution in [3.63, 3.8) is 0 Å². The average Bonchev–Trinajstić information content (AvgIpc) is 2.65. The van der Waals surface area contributed by atoms with Crippen LogP contribution in [0.5, 0.6) is 11.5 Å². The molecule has 3 aromatic carbocycles.